The van der Waals surface area contributed by atoms with E-state index < -0.39 is 0 Å². The minimum Gasteiger partial charge on any atom is -0.219 e. The van der Waals surface area contributed by atoms with Crippen LogP contribution in [0, 0.1) is 0 Å². The van der Waals surface area contributed by atoms with Gasteiger partial charge >= 0.3 is 0 Å². The van der Waals surface area contributed by atoms with E-state index >= 15 is 0 Å². The summed E-state index contributed by atoms with van der Waals surface area (Å²) in [5, 5.41) is 8.70. The number of allylic oxidation sites excluding steroid dienone is 1. The molecule has 0 unspecified atom stereocenters. The normalized spacial score (nSPS) is 10.4. The summed E-state index contributed by atoms with van der Waals surface area (Å²) in [5.41, 5.74) is 1.94. The Labute approximate surface area is 103 Å². The Bertz CT molecular complexity index is 520. The first-order chi connectivity index (χ1) is 7.70. The van der Waals surface area contributed by atoms with Crippen molar-refractivity contribution in [3.05, 3.63) is 52.8 Å². The molecule has 0 fully saturated rings. The van der Waals surface area contributed by atoms with Crippen LogP contribution in [0.5, 0.6) is 0 Å². The van der Waals surface area contributed by atoms with Crippen molar-refractivity contribution >= 4 is 23.2 Å². The smallest absolute Gasteiger partial charge is 0.171 e. The molecule has 0 radical (unpaired) electrons. The molecule has 0 saturated carbocycles. The van der Waals surface area contributed by atoms with Crippen molar-refractivity contribution in [2.24, 2.45) is 0 Å². The highest BCUT2D eigenvalue weighted by atomic mass is 35.5. The summed E-state index contributed by atoms with van der Waals surface area (Å²) < 4.78 is 1.62. The van der Waals surface area contributed by atoms with Gasteiger partial charge in [0.15, 0.2) is 5.15 Å². The van der Waals surface area contributed by atoms with Gasteiger partial charge in [-0.25, -0.2) is 4.68 Å². The molecule has 1 aromatic heterocycles. The van der Waals surface area contributed by atoms with Crippen molar-refractivity contribution in [3.8, 4) is 5.69 Å². The van der Waals surface area contributed by atoms with Gasteiger partial charge in [-0.3, -0.25) is 0 Å². The van der Waals surface area contributed by atoms with Gasteiger partial charge in [-0.15, -0.1) is 11.7 Å². The first kappa shape index (κ1) is 11.2. The lowest BCUT2D eigenvalue weighted by molar-refractivity contribution is 0.796. The summed E-state index contributed by atoms with van der Waals surface area (Å²) in [7, 11) is 0. The molecule has 1 aromatic carbocycles. The van der Waals surface area contributed by atoms with Crippen LogP contribution in [0.2, 0.25) is 10.2 Å². The molecule has 0 spiro atoms. The molecule has 0 N–H and O–H groups in total. The van der Waals surface area contributed by atoms with Crippen LogP contribution >= 0.6 is 23.2 Å². The van der Waals surface area contributed by atoms with Gasteiger partial charge in [-0.2, -0.15) is 0 Å². The van der Waals surface area contributed by atoms with Crippen LogP contribution < -0.4 is 0 Å². The third-order valence-electron chi connectivity index (χ3n) is 2.12. The molecule has 0 amide bonds. The molecule has 0 aliphatic carbocycles. The number of benzene rings is 1. The monoisotopic (exact) mass is 253 g/mol. The number of hydrogen-bond donors (Lipinski definition) is 0. The fraction of sp³-hybridized carbons (Fsp3) is 0.0909. The Kier molecular flexibility index (Phi) is 3.27. The van der Waals surface area contributed by atoms with Gasteiger partial charge in [-0.05, 0) is 30.2 Å². The van der Waals surface area contributed by atoms with Crippen molar-refractivity contribution < 1.29 is 0 Å². The van der Waals surface area contributed by atoms with Gasteiger partial charge in [0.2, 0.25) is 0 Å². The van der Waals surface area contributed by atoms with E-state index in [1.807, 2.05) is 18.2 Å². The maximum absolute atomic E-state index is 5.94. The Hall–Kier alpha value is -1.32. The molecule has 0 aliphatic heterocycles. The van der Waals surface area contributed by atoms with Gasteiger partial charge < -0.3 is 0 Å². The second-order valence-electron chi connectivity index (χ2n) is 3.25. The Morgan fingerprint density at radius 2 is 2.19 bits per heavy atom. The summed E-state index contributed by atoms with van der Waals surface area (Å²) in [6.45, 7) is 3.71. The number of hydrogen-bond acceptors (Lipinski definition) is 2. The third-order valence-corrected chi connectivity index (χ3v) is 2.53. The van der Waals surface area contributed by atoms with E-state index in [2.05, 4.69) is 16.9 Å². The first-order valence-electron chi connectivity index (χ1n) is 4.68. The van der Waals surface area contributed by atoms with Gasteiger partial charge in [0.05, 0.1) is 11.9 Å². The van der Waals surface area contributed by atoms with E-state index in [1.165, 1.54) is 0 Å². The molecule has 0 bridgehead atoms. The Balaban J connectivity index is 2.50. The van der Waals surface area contributed by atoms with E-state index in [1.54, 1.807) is 16.9 Å². The lowest BCUT2D eigenvalue weighted by Gasteiger charge is -2.07. The van der Waals surface area contributed by atoms with E-state index in [4.69, 9.17) is 23.2 Å². The summed E-state index contributed by atoms with van der Waals surface area (Å²) in [5.74, 6) is 0. The third kappa shape index (κ3) is 2.26. The summed E-state index contributed by atoms with van der Waals surface area (Å²) in [6, 6.07) is 5.57. The van der Waals surface area contributed by atoms with E-state index in [0.717, 1.165) is 11.3 Å². The summed E-state index contributed by atoms with van der Waals surface area (Å²) in [6.07, 6.45) is 4.18. The van der Waals surface area contributed by atoms with Crippen LogP contribution in [-0.4, -0.2) is 15.0 Å². The largest absolute Gasteiger partial charge is 0.219 e. The van der Waals surface area contributed by atoms with Crippen LogP contribution in [0.1, 0.15) is 5.56 Å². The predicted octanol–water partition coefficient (Wildman–Crippen LogP) is 3.30. The van der Waals surface area contributed by atoms with E-state index in [0.29, 0.717) is 16.6 Å². The second-order valence-corrected chi connectivity index (χ2v) is 4.08. The lowest BCUT2D eigenvalue weighted by Crippen LogP contribution is -2.00. The van der Waals surface area contributed by atoms with E-state index in [-0.39, 0.29) is 0 Å². The zero-order chi connectivity index (χ0) is 11.5. The number of halogens is 2. The van der Waals surface area contributed by atoms with Gasteiger partial charge in [0, 0.05) is 5.02 Å². The SMILES string of the molecule is C=CCc1cc(Cl)ccc1-n1cc(Cl)nn1. The van der Waals surface area contributed by atoms with Crippen molar-refractivity contribution in [3.63, 3.8) is 0 Å². The quantitative estimate of drug-likeness (QED) is 0.787. The van der Waals surface area contributed by atoms with Crippen LogP contribution in [-0.2, 0) is 6.42 Å². The topological polar surface area (TPSA) is 30.7 Å². The summed E-state index contributed by atoms with van der Waals surface area (Å²) >= 11 is 11.7. The highest BCUT2D eigenvalue weighted by molar-refractivity contribution is 6.30. The predicted molar refractivity (Wildman–Crippen MR) is 65.3 cm³/mol. The molecule has 82 valence electrons. The van der Waals surface area contributed by atoms with Crippen molar-refractivity contribution in [2.75, 3.05) is 0 Å². The molecule has 0 saturated heterocycles. The van der Waals surface area contributed by atoms with Crippen LogP contribution in [0.25, 0.3) is 5.69 Å². The second kappa shape index (κ2) is 4.68. The molecule has 0 aliphatic rings. The van der Waals surface area contributed by atoms with Crippen LogP contribution in [0.3, 0.4) is 0 Å². The maximum atomic E-state index is 5.94. The molecule has 0 atom stereocenters. The molecular formula is C11H9Cl2N3. The Morgan fingerprint density at radius 1 is 1.38 bits per heavy atom. The number of rotatable bonds is 3. The minimum atomic E-state index is 0.361. The zero-order valence-corrected chi connectivity index (χ0v) is 9.91. The van der Waals surface area contributed by atoms with Crippen molar-refractivity contribution in [1.29, 1.82) is 0 Å². The molecular weight excluding hydrogens is 245 g/mol. The molecule has 1 heterocycles. The highest BCUT2D eigenvalue weighted by Gasteiger charge is 2.06. The maximum Gasteiger partial charge on any atom is 0.171 e. The average molecular weight is 254 g/mol. The van der Waals surface area contributed by atoms with Crippen molar-refractivity contribution in [2.45, 2.75) is 6.42 Å². The zero-order valence-electron chi connectivity index (χ0n) is 8.40. The van der Waals surface area contributed by atoms with Gasteiger partial charge in [-0.1, -0.05) is 34.5 Å². The first-order valence-corrected chi connectivity index (χ1v) is 5.44. The Morgan fingerprint density at radius 3 is 2.81 bits per heavy atom. The van der Waals surface area contributed by atoms with Crippen molar-refractivity contribution in [1.82, 2.24) is 15.0 Å². The molecule has 2 rings (SSSR count). The average Bonchev–Trinajstić information content (AvgIpc) is 2.65. The van der Waals surface area contributed by atoms with Gasteiger partial charge in [0.25, 0.3) is 0 Å². The number of aromatic nitrogens is 3. The molecule has 5 heteroatoms. The fourth-order valence-corrected chi connectivity index (χ4v) is 1.78. The van der Waals surface area contributed by atoms with Crippen LogP contribution in [0.4, 0.5) is 0 Å². The van der Waals surface area contributed by atoms with Crippen LogP contribution in [0.15, 0.2) is 37.1 Å². The fourth-order valence-electron chi connectivity index (χ4n) is 1.46. The van der Waals surface area contributed by atoms with Gasteiger partial charge in [0.1, 0.15) is 0 Å². The molecule has 3 nitrogen and oxygen atoms in total. The molecule has 2 aromatic rings. The summed E-state index contributed by atoms with van der Waals surface area (Å²) in [4.78, 5) is 0. The minimum absolute atomic E-state index is 0.361. The molecule has 16 heavy (non-hydrogen) atoms. The number of nitrogens with zero attached hydrogens (tertiary/aromatic N) is 3. The standard InChI is InChI=1S/C11H9Cl2N3/c1-2-3-8-6-9(12)4-5-10(8)16-7-11(13)14-15-16/h2,4-7H,1,3H2. The lowest BCUT2D eigenvalue weighted by atomic mass is 10.1. The van der Waals surface area contributed by atoms with E-state index in [9.17, 15) is 0 Å². The highest BCUT2D eigenvalue weighted by Crippen LogP contribution is 2.20.